The van der Waals surface area contributed by atoms with Gasteiger partial charge in [-0.25, -0.2) is 9.97 Å². The molecule has 0 saturated carbocycles. The highest BCUT2D eigenvalue weighted by atomic mass is 79.9. The van der Waals surface area contributed by atoms with Crippen LogP contribution in [0.3, 0.4) is 0 Å². The van der Waals surface area contributed by atoms with Gasteiger partial charge in [0.1, 0.15) is 10.2 Å². The van der Waals surface area contributed by atoms with Gasteiger partial charge in [0.25, 0.3) is 11.6 Å². The first kappa shape index (κ1) is 13.1. The molecule has 0 radical (unpaired) electrons. The van der Waals surface area contributed by atoms with Gasteiger partial charge in [0.15, 0.2) is 5.82 Å². The average molecular weight is 323 g/mol. The normalized spacial score (nSPS) is 9.95. The number of anilines is 1. The number of rotatable bonds is 3. The number of hydrogen-bond donors (Lipinski definition) is 1. The lowest BCUT2D eigenvalue weighted by Crippen LogP contribution is -2.14. The van der Waals surface area contributed by atoms with E-state index in [1.54, 1.807) is 6.07 Å². The standard InChI is InChI=1S/C11H7BrN4O3/c12-9-5-14-10(6-13-9)15-11(17)7-3-1-2-4-8(7)16(18)19/h1-6H,(H,14,15,17). The molecule has 1 aromatic carbocycles. The Bertz CT molecular complexity index is 630. The lowest BCUT2D eigenvalue weighted by Gasteiger charge is -2.04. The summed E-state index contributed by atoms with van der Waals surface area (Å²) in [6.07, 6.45) is 2.76. The van der Waals surface area contributed by atoms with Gasteiger partial charge in [0.2, 0.25) is 0 Å². The zero-order valence-electron chi connectivity index (χ0n) is 9.41. The molecule has 1 N–H and O–H groups in total. The Labute approximate surface area is 116 Å². The van der Waals surface area contributed by atoms with Crippen LogP contribution in [-0.4, -0.2) is 20.8 Å². The Balaban J connectivity index is 2.25. The summed E-state index contributed by atoms with van der Waals surface area (Å²) >= 11 is 3.11. The minimum atomic E-state index is -0.609. The lowest BCUT2D eigenvalue weighted by atomic mass is 10.1. The number of nitrogens with one attached hydrogen (secondary N) is 1. The Hall–Kier alpha value is -2.35. The number of halogens is 1. The summed E-state index contributed by atoms with van der Waals surface area (Å²) in [5.41, 5.74) is -0.290. The van der Waals surface area contributed by atoms with Gasteiger partial charge >= 0.3 is 0 Å². The summed E-state index contributed by atoms with van der Waals surface area (Å²) in [4.78, 5) is 29.9. The molecule has 8 heteroatoms. The van der Waals surface area contributed by atoms with Crippen LogP contribution in [0.2, 0.25) is 0 Å². The number of carbonyl (C=O) groups is 1. The van der Waals surface area contributed by atoms with E-state index in [1.165, 1.54) is 30.6 Å². The van der Waals surface area contributed by atoms with E-state index < -0.39 is 10.8 Å². The summed E-state index contributed by atoms with van der Waals surface area (Å²) in [6.45, 7) is 0. The van der Waals surface area contributed by atoms with E-state index in [0.29, 0.717) is 4.60 Å². The number of aromatic nitrogens is 2. The van der Waals surface area contributed by atoms with E-state index in [-0.39, 0.29) is 17.1 Å². The zero-order valence-corrected chi connectivity index (χ0v) is 11.0. The number of amides is 1. The highest BCUT2D eigenvalue weighted by Gasteiger charge is 2.19. The molecule has 1 aromatic heterocycles. The minimum absolute atomic E-state index is 0.0304. The second-order valence-corrected chi connectivity index (χ2v) is 4.27. The molecule has 0 unspecified atom stereocenters. The maximum atomic E-state index is 11.9. The molecule has 0 aliphatic heterocycles. The fraction of sp³-hybridized carbons (Fsp3) is 0. The second-order valence-electron chi connectivity index (χ2n) is 3.45. The van der Waals surface area contributed by atoms with Crippen molar-refractivity contribution in [3.05, 3.63) is 56.9 Å². The first-order valence-corrected chi connectivity index (χ1v) is 5.89. The van der Waals surface area contributed by atoms with Crippen LogP contribution in [0.1, 0.15) is 10.4 Å². The van der Waals surface area contributed by atoms with Crippen molar-refractivity contribution < 1.29 is 9.72 Å². The molecule has 2 rings (SSSR count). The van der Waals surface area contributed by atoms with Crippen LogP contribution >= 0.6 is 15.9 Å². The summed E-state index contributed by atoms with van der Waals surface area (Å²) in [7, 11) is 0. The van der Waals surface area contributed by atoms with Crippen molar-refractivity contribution in [3.63, 3.8) is 0 Å². The third-order valence-corrected chi connectivity index (χ3v) is 2.62. The lowest BCUT2D eigenvalue weighted by molar-refractivity contribution is -0.385. The van der Waals surface area contributed by atoms with Crippen LogP contribution in [0.25, 0.3) is 0 Å². The first-order chi connectivity index (χ1) is 9.08. The average Bonchev–Trinajstić information content (AvgIpc) is 2.41. The molecule has 0 spiro atoms. The molecule has 0 aliphatic rings. The summed E-state index contributed by atoms with van der Waals surface area (Å²) < 4.78 is 0.524. The van der Waals surface area contributed by atoms with Gasteiger partial charge in [0, 0.05) is 6.07 Å². The number of hydrogen-bond acceptors (Lipinski definition) is 5. The van der Waals surface area contributed by atoms with Crippen molar-refractivity contribution in [2.75, 3.05) is 5.32 Å². The van der Waals surface area contributed by atoms with Crippen LogP contribution in [0.5, 0.6) is 0 Å². The van der Waals surface area contributed by atoms with Gasteiger partial charge in [-0.1, -0.05) is 12.1 Å². The van der Waals surface area contributed by atoms with Gasteiger partial charge in [-0.05, 0) is 22.0 Å². The summed E-state index contributed by atoms with van der Waals surface area (Å²) in [5.74, 6) is -0.393. The van der Waals surface area contributed by atoms with E-state index >= 15 is 0 Å². The molecule has 2 aromatic rings. The monoisotopic (exact) mass is 322 g/mol. The second kappa shape index (κ2) is 5.53. The number of benzene rings is 1. The number of para-hydroxylation sites is 1. The van der Waals surface area contributed by atoms with Gasteiger partial charge in [-0.2, -0.15) is 0 Å². The van der Waals surface area contributed by atoms with Crippen molar-refractivity contribution in [1.29, 1.82) is 0 Å². The molecule has 19 heavy (non-hydrogen) atoms. The molecule has 7 nitrogen and oxygen atoms in total. The van der Waals surface area contributed by atoms with Crippen LogP contribution < -0.4 is 5.32 Å². The van der Waals surface area contributed by atoms with Crippen LogP contribution in [0.4, 0.5) is 11.5 Å². The van der Waals surface area contributed by atoms with Gasteiger partial charge < -0.3 is 5.32 Å². The van der Waals surface area contributed by atoms with E-state index in [0.717, 1.165) is 0 Å². The Kier molecular flexibility index (Phi) is 3.81. The Morgan fingerprint density at radius 3 is 2.63 bits per heavy atom. The van der Waals surface area contributed by atoms with Gasteiger partial charge in [0.05, 0.1) is 17.3 Å². The molecule has 0 fully saturated rings. The van der Waals surface area contributed by atoms with Crippen molar-refractivity contribution in [3.8, 4) is 0 Å². The molecule has 96 valence electrons. The largest absolute Gasteiger partial charge is 0.305 e. The topological polar surface area (TPSA) is 98.0 Å². The highest BCUT2D eigenvalue weighted by molar-refractivity contribution is 9.10. The third kappa shape index (κ3) is 3.10. The number of carbonyl (C=O) groups excluding carboxylic acids is 1. The first-order valence-electron chi connectivity index (χ1n) is 5.10. The third-order valence-electron chi connectivity index (χ3n) is 2.21. The Morgan fingerprint density at radius 1 is 1.26 bits per heavy atom. The predicted molar refractivity (Wildman–Crippen MR) is 70.8 cm³/mol. The Morgan fingerprint density at radius 2 is 2.00 bits per heavy atom. The van der Waals surface area contributed by atoms with E-state index in [1.807, 2.05) is 0 Å². The molecule has 0 aliphatic carbocycles. The molecule has 0 saturated heterocycles. The van der Waals surface area contributed by atoms with Crippen LogP contribution in [0, 0.1) is 10.1 Å². The minimum Gasteiger partial charge on any atom is -0.305 e. The van der Waals surface area contributed by atoms with E-state index in [4.69, 9.17) is 0 Å². The fourth-order valence-corrected chi connectivity index (χ4v) is 1.59. The molecule has 0 atom stereocenters. The number of nitro benzene ring substituents is 1. The maximum Gasteiger partial charge on any atom is 0.282 e. The fourth-order valence-electron chi connectivity index (χ4n) is 1.39. The predicted octanol–water partition coefficient (Wildman–Crippen LogP) is 2.40. The molecule has 0 bridgehead atoms. The zero-order chi connectivity index (χ0) is 13.8. The molecule has 1 amide bonds. The maximum absolute atomic E-state index is 11.9. The van der Waals surface area contributed by atoms with Crippen molar-refractivity contribution >= 4 is 33.3 Å². The van der Waals surface area contributed by atoms with Crippen molar-refractivity contribution in [2.45, 2.75) is 0 Å². The number of nitro groups is 1. The smallest absolute Gasteiger partial charge is 0.282 e. The SMILES string of the molecule is O=C(Nc1cnc(Br)cn1)c1ccccc1[N+](=O)[O-]. The summed E-state index contributed by atoms with van der Waals surface area (Å²) in [6, 6.07) is 5.69. The van der Waals surface area contributed by atoms with Gasteiger partial charge in [-0.3, -0.25) is 14.9 Å². The van der Waals surface area contributed by atoms with E-state index in [2.05, 4.69) is 31.2 Å². The molecular formula is C11H7BrN4O3. The van der Waals surface area contributed by atoms with Gasteiger partial charge in [-0.15, -0.1) is 0 Å². The quantitative estimate of drug-likeness (QED) is 0.691. The number of nitrogens with zero attached hydrogens (tertiary/aromatic N) is 3. The highest BCUT2D eigenvalue weighted by Crippen LogP contribution is 2.18. The van der Waals surface area contributed by atoms with Crippen molar-refractivity contribution in [2.24, 2.45) is 0 Å². The molecule has 1 heterocycles. The molecular weight excluding hydrogens is 316 g/mol. The van der Waals surface area contributed by atoms with E-state index in [9.17, 15) is 14.9 Å². The van der Waals surface area contributed by atoms with Crippen molar-refractivity contribution in [1.82, 2.24) is 9.97 Å². The summed E-state index contributed by atoms with van der Waals surface area (Å²) in [5, 5.41) is 13.3. The van der Waals surface area contributed by atoms with Crippen LogP contribution in [0.15, 0.2) is 41.3 Å². The van der Waals surface area contributed by atoms with Crippen LogP contribution in [-0.2, 0) is 0 Å².